The lowest BCUT2D eigenvalue weighted by molar-refractivity contribution is -0.133. The Morgan fingerprint density at radius 3 is 2.66 bits per heavy atom. The van der Waals surface area contributed by atoms with Crippen LogP contribution in [0.2, 0.25) is 0 Å². The fraction of sp³-hybridized carbons (Fsp3) is 0.714. The predicted octanol–water partition coefficient (Wildman–Crippen LogP) is 3.37. The lowest BCUT2D eigenvalue weighted by Crippen LogP contribution is -2.65. The zero-order valence-corrected chi connectivity index (χ0v) is 20.7. The summed E-state index contributed by atoms with van der Waals surface area (Å²) in [6.45, 7) is 8.92. The molecule has 7 nitrogen and oxygen atoms in total. The second kappa shape index (κ2) is 13.2. The molecule has 0 aliphatic heterocycles. The van der Waals surface area contributed by atoms with Gasteiger partial charge in [0.25, 0.3) is 0 Å². The minimum Gasteiger partial charge on any atom is -0.475 e. The van der Waals surface area contributed by atoms with Crippen LogP contribution in [-0.2, 0) is 16.0 Å². The van der Waals surface area contributed by atoms with Crippen LogP contribution in [-0.4, -0.2) is 57.1 Å². The van der Waals surface area contributed by atoms with E-state index >= 15 is 0 Å². The molecule has 166 valence electrons. The van der Waals surface area contributed by atoms with Crippen molar-refractivity contribution in [2.24, 2.45) is 10.4 Å². The van der Waals surface area contributed by atoms with E-state index < -0.39 is 0 Å². The molecular weight excluding hydrogens is 483 g/mol. The topological polar surface area (TPSA) is 77.0 Å². The maximum Gasteiger partial charge on any atom is 0.218 e. The molecule has 1 fully saturated rings. The first-order valence-corrected chi connectivity index (χ1v) is 10.3. The third-order valence-corrected chi connectivity index (χ3v) is 5.83. The van der Waals surface area contributed by atoms with E-state index in [1.54, 1.807) is 20.4 Å². The standard InChI is InChI=1S/C21H36N4O3.HI/c1-6-21(7-2)17(14-18(21)27-8-3)25-20(22-4)24-15-16-10-9-11-23-19(16)28-13-12-26-5;/h9-11,17-18H,6-8,12-15H2,1-5H3,(H2,22,24,25);1H. The van der Waals surface area contributed by atoms with Crippen LogP contribution < -0.4 is 15.4 Å². The molecule has 1 aromatic rings. The molecule has 1 aliphatic carbocycles. The number of methoxy groups -OCH3 is 1. The van der Waals surface area contributed by atoms with E-state index in [2.05, 4.69) is 41.4 Å². The van der Waals surface area contributed by atoms with Gasteiger partial charge in [-0.05, 0) is 32.3 Å². The summed E-state index contributed by atoms with van der Waals surface area (Å²) in [5, 5.41) is 7.00. The van der Waals surface area contributed by atoms with Crippen LogP contribution in [0.4, 0.5) is 0 Å². The molecule has 1 saturated carbocycles. The summed E-state index contributed by atoms with van der Waals surface area (Å²) < 4.78 is 16.7. The van der Waals surface area contributed by atoms with Crippen molar-refractivity contribution in [1.29, 1.82) is 0 Å². The van der Waals surface area contributed by atoms with Crippen LogP contribution in [0.15, 0.2) is 23.3 Å². The van der Waals surface area contributed by atoms with Gasteiger partial charge in [0, 0.05) is 50.5 Å². The van der Waals surface area contributed by atoms with Crippen LogP contribution in [0.3, 0.4) is 0 Å². The highest BCUT2D eigenvalue weighted by Gasteiger charge is 2.53. The minimum atomic E-state index is 0. The minimum absolute atomic E-state index is 0. The van der Waals surface area contributed by atoms with Gasteiger partial charge in [0.2, 0.25) is 5.88 Å². The number of aliphatic imine (C=N–C) groups is 1. The first-order chi connectivity index (χ1) is 13.6. The first kappa shape index (κ1) is 25.9. The summed E-state index contributed by atoms with van der Waals surface area (Å²) in [7, 11) is 3.45. The molecule has 0 saturated heterocycles. The van der Waals surface area contributed by atoms with Gasteiger partial charge in [-0.15, -0.1) is 24.0 Å². The maximum absolute atomic E-state index is 5.98. The van der Waals surface area contributed by atoms with Crippen LogP contribution >= 0.6 is 24.0 Å². The first-order valence-electron chi connectivity index (χ1n) is 10.3. The van der Waals surface area contributed by atoms with Crippen molar-refractivity contribution in [1.82, 2.24) is 15.6 Å². The van der Waals surface area contributed by atoms with Crippen LogP contribution in [0.5, 0.6) is 5.88 Å². The summed E-state index contributed by atoms with van der Waals surface area (Å²) in [5.74, 6) is 1.41. The third kappa shape index (κ3) is 6.42. The Kier molecular flexibility index (Phi) is 11.8. The average molecular weight is 520 g/mol. The Morgan fingerprint density at radius 1 is 1.28 bits per heavy atom. The molecule has 2 rings (SSSR count). The molecule has 0 radical (unpaired) electrons. The van der Waals surface area contributed by atoms with E-state index in [0.717, 1.165) is 37.4 Å². The Balaban J connectivity index is 0.00000420. The number of guanidine groups is 1. The monoisotopic (exact) mass is 520 g/mol. The van der Waals surface area contributed by atoms with Gasteiger partial charge in [-0.1, -0.05) is 19.9 Å². The summed E-state index contributed by atoms with van der Waals surface area (Å²) in [4.78, 5) is 8.74. The van der Waals surface area contributed by atoms with Gasteiger partial charge in [-0.25, -0.2) is 4.98 Å². The van der Waals surface area contributed by atoms with Crippen molar-refractivity contribution in [3.8, 4) is 5.88 Å². The number of halogens is 1. The van der Waals surface area contributed by atoms with Gasteiger partial charge in [0.05, 0.1) is 12.7 Å². The SMILES string of the molecule is CCOC1CC(NC(=NC)NCc2cccnc2OCCOC)C1(CC)CC.I. The molecule has 0 amide bonds. The van der Waals surface area contributed by atoms with Crippen molar-refractivity contribution in [2.45, 2.75) is 58.7 Å². The number of aromatic nitrogens is 1. The molecule has 2 N–H and O–H groups in total. The van der Waals surface area contributed by atoms with E-state index in [4.69, 9.17) is 14.2 Å². The normalized spacial score (nSPS) is 20.4. The van der Waals surface area contributed by atoms with Gasteiger partial charge in [-0.3, -0.25) is 4.99 Å². The highest BCUT2D eigenvalue weighted by Crippen LogP contribution is 2.48. The van der Waals surface area contributed by atoms with Crippen LogP contribution in [0.1, 0.15) is 45.6 Å². The average Bonchev–Trinajstić information content (AvgIpc) is 2.71. The fourth-order valence-corrected chi connectivity index (χ4v) is 4.03. The Bertz CT molecular complexity index is 626. The second-order valence-corrected chi connectivity index (χ2v) is 7.05. The Morgan fingerprint density at radius 2 is 2.03 bits per heavy atom. The number of rotatable bonds is 11. The van der Waals surface area contributed by atoms with Crippen molar-refractivity contribution >= 4 is 29.9 Å². The van der Waals surface area contributed by atoms with E-state index in [0.29, 0.717) is 37.8 Å². The van der Waals surface area contributed by atoms with Gasteiger partial charge < -0.3 is 24.8 Å². The smallest absolute Gasteiger partial charge is 0.218 e. The molecule has 8 heteroatoms. The van der Waals surface area contributed by atoms with Crippen LogP contribution in [0.25, 0.3) is 0 Å². The lowest BCUT2D eigenvalue weighted by atomic mass is 9.58. The van der Waals surface area contributed by atoms with E-state index in [9.17, 15) is 0 Å². The van der Waals surface area contributed by atoms with E-state index in [-0.39, 0.29) is 29.4 Å². The third-order valence-electron chi connectivity index (χ3n) is 5.83. The quantitative estimate of drug-likeness (QED) is 0.202. The zero-order chi connectivity index (χ0) is 20.4. The number of nitrogens with one attached hydrogen (secondary N) is 2. The van der Waals surface area contributed by atoms with Crippen molar-refractivity contribution in [3.05, 3.63) is 23.9 Å². The molecule has 2 atom stereocenters. The lowest BCUT2D eigenvalue weighted by Gasteiger charge is -2.55. The molecule has 1 aromatic heterocycles. The zero-order valence-electron chi connectivity index (χ0n) is 18.4. The highest BCUT2D eigenvalue weighted by molar-refractivity contribution is 14.0. The van der Waals surface area contributed by atoms with Crippen molar-refractivity contribution in [2.75, 3.05) is 34.0 Å². The molecule has 29 heavy (non-hydrogen) atoms. The molecule has 0 aromatic carbocycles. The van der Waals surface area contributed by atoms with Crippen molar-refractivity contribution < 1.29 is 14.2 Å². The van der Waals surface area contributed by atoms with E-state index in [1.165, 1.54) is 0 Å². The summed E-state index contributed by atoms with van der Waals surface area (Å²) in [6, 6.07) is 4.28. The largest absolute Gasteiger partial charge is 0.475 e. The maximum atomic E-state index is 5.98. The second-order valence-electron chi connectivity index (χ2n) is 7.05. The Labute approximate surface area is 192 Å². The number of nitrogens with zero attached hydrogens (tertiary/aromatic N) is 2. The number of hydrogen-bond acceptors (Lipinski definition) is 5. The molecule has 1 heterocycles. The van der Waals surface area contributed by atoms with Crippen molar-refractivity contribution in [3.63, 3.8) is 0 Å². The summed E-state index contributed by atoms with van der Waals surface area (Å²) in [6.07, 6.45) is 5.24. The number of hydrogen-bond donors (Lipinski definition) is 2. The molecule has 0 bridgehead atoms. The Hall–Kier alpha value is -1.13. The summed E-state index contributed by atoms with van der Waals surface area (Å²) in [5.41, 5.74) is 1.15. The molecule has 2 unspecified atom stereocenters. The molecule has 1 aliphatic rings. The molecular formula is C21H37IN4O3. The van der Waals surface area contributed by atoms with Crippen LogP contribution in [0, 0.1) is 5.41 Å². The highest BCUT2D eigenvalue weighted by atomic mass is 127. The predicted molar refractivity (Wildman–Crippen MR) is 127 cm³/mol. The van der Waals surface area contributed by atoms with Gasteiger partial charge in [0.15, 0.2) is 5.96 Å². The number of ether oxygens (including phenoxy) is 3. The molecule has 0 spiro atoms. The van der Waals surface area contributed by atoms with Gasteiger partial charge in [-0.2, -0.15) is 0 Å². The fourth-order valence-electron chi connectivity index (χ4n) is 4.03. The van der Waals surface area contributed by atoms with E-state index in [1.807, 2.05) is 12.1 Å². The number of pyridine rings is 1. The summed E-state index contributed by atoms with van der Waals surface area (Å²) >= 11 is 0. The van der Waals surface area contributed by atoms with Gasteiger partial charge in [0.1, 0.15) is 6.61 Å². The van der Waals surface area contributed by atoms with Gasteiger partial charge >= 0.3 is 0 Å².